The number of nitrogens with zero attached hydrogens (tertiary/aromatic N) is 5. The lowest BCUT2D eigenvalue weighted by Gasteiger charge is -2.16. The topological polar surface area (TPSA) is 148 Å². The molecule has 2 aliphatic heterocycles. The van der Waals surface area contributed by atoms with Crippen LogP contribution in [0, 0.1) is 16.1 Å². The van der Waals surface area contributed by atoms with E-state index in [1.807, 2.05) is 43.5 Å². The molecule has 1 aromatic carbocycles. The van der Waals surface area contributed by atoms with Crippen LogP contribution < -0.4 is 10.1 Å². The Labute approximate surface area is 276 Å². The number of ether oxygens (including phenoxy) is 1. The summed E-state index contributed by atoms with van der Waals surface area (Å²) in [5.74, 6) is -1.37. The highest BCUT2D eigenvalue weighted by molar-refractivity contribution is 7.71. The number of carbonyl (C=O) groups is 3. The molecule has 242 valence electrons. The van der Waals surface area contributed by atoms with E-state index in [4.69, 9.17) is 21.8 Å². The number of carbonyl (C=O) groups excluding carboxylic acids is 3. The van der Waals surface area contributed by atoms with Crippen LogP contribution >= 0.6 is 12.2 Å². The van der Waals surface area contributed by atoms with E-state index < -0.39 is 28.9 Å². The normalized spacial score (nSPS) is 15.1. The zero-order valence-corrected chi connectivity index (χ0v) is 27.3. The Hall–Kier alpha value is -5.35. The van der Waals surface area contributed by atoms with Crippen molar-refractivity contribution in [2.24, 2.45) is 0 Å². The van der Waals surface area contributed by atoms with E-state index in [0.29, 0.717) is 35.7 Å². The predicted molar refractivity (Wildman–Crippen MR) is 172 cm³/mol. The van der Waals surface area contributed by atoms with Crippen molar-refractivity contribution in [3.05, 3.63) is 91.8 Å². The third kappa shape index (κ3) is 6.12. The molecule has 1 fully saturated rings. The van der Waals surface area contributed by atoms with Crippen molar-refractivity contribution >= 4 is 41.8 Å². The van der Waals surface area contributed by atoms with Gasteiger partial charge in [-0.1, -0.05) is 17.2 Å². The Morgan fingerprint density at radius 2 is 1.81 bits per heavy atom. The number of hydrogen-bond donors (Lipinski definition) is 1. The van der Waals surface area contributed by atoms with Gasteiger partial charge in [0.05, 0.1) is 23.7 Å². The highest BCUT2D eigenvalue weighted by Crippen LogP contribution is 2.39. The van der Waals surface area contributed by atoms with Crippen LogP contribution in [0.2, 0.25) is 0 Å². The minimum absolute atomic E-state index is 0.00211. The van der Waals surface area contributed by atoms with E-state index in [0.717, 1.165) is 22.5 Å². The van der Waals surface area contributed by atoms with Gasteiger partial charge in [-0.25, -0.2) is 4.79 Å². The van der Waals surface area contributed by atoms with Crippen LogP contribution in [0.5, 0.6) is 5.88 Å². The van der Waals surface area contributed by atoms with Gasteiger partial charge in [0, 0.05) is 61.7 Å². The number of allylic oxidation sites excluding steroid dienone is 3. The SMILES string of the molecule is CCn1c(O)c(/C=C/C=C(\C#N)c2cc[n+]3c(c2)C(C)(C)c2cc(CCOC(=O)ON4C(=O)CCC4=O)ccc2-3)c(=O)n(CC)c1=S. The molecule has 13 heteroatoms. The minimum atomic E-state index is -1.12. The second-order valence-electron chi connectivity index (χ2n) is 11.5. The predicted octanol–water partition coefficient (Wildman–Crippen LogP) is 4.42. The summed E-state index contributed by atoms with van der Waals surface area (Å²) < 4.78 is 10.3. The zero-order valence-electron chi connectivity index (χ0n) is 26.5. The first-order valence-corrected chi connectivity index (χ1v) is 15.6. The van der Waals surface area contributed by atoms with Gasteiger partial charge < -0.3 is 9.84 Å². The Morgan fingerprint density at radius 3 is 2.47 bits per heavy atom. The van der Waals surface area contributed by atoms with Gasteiger partial charge in [-0.15, -0.1) is 0 Å². The van der Waals surface area contributed by atoms with Crippen LogP contribution in [0.25, 0.3) is 17.3 Å². The second-order valence-corrected chi connectivity index (χ2v) is 11.9. The third-order valence-corrected chi connectivity index (χ3v) is 8.84. The van der Waals surface area contributed by atoms with Crippen LogP contribution in [0.1, 0.15) is 68.5 Å². The smallest absolute Gasteiger partial charge is 0.494 e. The lowest BCUT2D eigenvalue weighted by molar-refractivity contribution is -0.599. The van der Waals surface area contributed by atoms with Crippen molar-refractivity contribution < 1.29 is 33.6 Å². The molecule has 1 saturated heterocycles. The molecular weight excluding hydrogens is 622 g/mol. The first-order valence-electron chi connectivity index (χ1n) is 15.2. The van der Waals surface area contributed by atoms with E-state index in [1.165, 1.54) is 15.2 Å². The van der Waals surface area contributed by atoms with Gasteiger partial charge in [0.25, 0.3) is 17.4 Å². The summed E-state index contributed by atoms with van der Waals surface area (Å²) in [5.41, 5.74) is 4.19. The summed E-state index contributed by atoms with van der Waals surface area (Å²) >= 11 is 5.35. The molecule has 0 saturated carbocycles. The number of aromatic nitrogens is 3. The molecular formula is C34H34N5O7S+. The molecule has 0 aliphatic carbocycles. The number of benzene rings is 1. The van der Waals surface area contributed by atoms with Crippen molar-refractivity contribution in [3.63, 3.8) is 0 Å². The van der Waals surface area contributed by atoms with E-state index >= 15 is 0 Å². The van der Waals surface area contributed by atoms with E-state index in [9.17, 15) is 29.5 Å². The fourth-order valence-electron chi connectivity index (χ4n) is 5.82. The summed E-state index contributed by atoms with van der Waals surface area (Å²) in [5, 5.41) is 21.2. The fraction of sp³-hybridized carbons (Fsp3) is 0.324. The quantitative estimate of drug-likeness (QED) is 0.0883. The maximum absolute atomic E-state index is 13.0. The van der Waals surface area contributed by atoms with Crippen molar-refractivity contribution in [2.75, 3.05) is 6.61 Å². The summed E-state index contributed by atoms with van der Waals surface area (Å²) in [6, 6.07) is 12.0. The van der Waals surface area contributed by atoms with Crippen LogP contribution in [0.4, 0.5) is 4.79 Å². The van der Waals surface area contributed by atoms with Crippen molar-refractivity contribution in [1.29, 1.82) is 5.26 Å². The van der Waals surface area contributed by atoms with Crippen LogP contribution in [-0.4, -0.2) is 43.9 Å². The van der Waals surface area contributed by atoms with Gasteiger partial charge in [0.2, 0.25) is 11.6 Å². The van der Waals surface area contributed by atoms with Gasteiger partial charge in [-0.05, 0) is 63.7 Å². The molecule has 5 rings (SSSR count). The Kier molecular flexibility index (Phi) is 9.26. The average Bonchev–Trinajstić information content (AvgIpc) is 3.48. The van der Waals surface area contributed by atoms with Crippen molar-refractivity contribution in [1.82, 2.24) is 14.2 Å². The molecule has 0 radical (unpaired) electrons. The molecule has 0 spiro atoms. The number of pyridine rings is 1. The summed E-state index contributed by atoms with van der Waals surface area (Å²) in [6.07, 6.45) is 5.84. The molecule has 4 heterocycles. The number of hydroxylamine groups is 2. The molecule has 2 aromatic heterocycles. The molecule has 0 atom stereocenters. The largest absolute Gasteiger partial charge is 0.533 e. The van der Waals surface area contributed by atoms with Gasteiger partial charge in [0.1, 0.15) is 5.56 Å². The molecule has 47 heavy (non-hydrogen) atoms. The molecule has 3 aromatic rings. The Bertz CT molecular complexity index is 2020. The molecule has 0 unspecified atom stereocenters. The number of amides is 2. The fourth-order valence-corrected chi connectivity index (χ4v) is 6.24. The summed E-state index contributed by atoms with van der Waals surface area (Å²) in [4.78, 5) is 53.0. The highest BCUT2D eigenvalue weighted by atomic mass is 32.1. The summed E-state index contributed by atoms with van der Waals surface area (Å²) in [7, 11) is 0. The average molecular weight is 657 g/mol. The maximum atomic E-state index is 13.0. The second kappa shape index (κ2) is 13.2. The third-order valence-electron chi connectivity index (χ3n) is 8.39. The van der Waals surface area contributed by atoms with Gasteiger partial charge in [-0.3, -0.25) is 28.4 Å². The zero-order chi connectivity index (χ0) is 34.0. The van der Waals surface area contributed by atoms with Crippen LogP contribution in [-0.2, 0) is 44.1 Å². The van der Waals surface area contributed by atoms with Crippen LogP contribution in [0.15, 0.2) is 53.5 Å². The van der Waals surface area contributed by atoms with Crippen molar-refractivity contribution in [2.45, 2.75) is 65.5 Å². The number of fused-ring (bicyclic) bond motifs is 3. The van der Waals surface area contributed by atoms with Gasteiger partial charge in [-0.2, -0.15) is 9.83 Å². The van der Waals surface area contributed by atoms with E-state index in [-0.39, 0.29) is 35.7 Å². The molecule has 12 nitrogen and oxygen atoms in total. The van der Waals surface area contributed by atoms with Crippen LogP contribution in [0.3, 0.4) is 0 Å². The molecule has 2 amide bonds. The van der Waals surface area contributed by atoms with Crippen molar-refractivity contribution in [3.8, 4) is 17.6 Å². The number of rotatable bonds is 9. The molecule has 2 aliphatic rings. The number of aromatic hydroxyl groups is 1. The first kappa shape index (κ1) is 33.0. The number of nitriles is 1. The lowest BCUT2D eigenvalue weighted by Crippen LogP contribution is -2.34. The Morgan fingerprint density at radius 1 is 1.11 bits per heavy atom. The highest BCUT2D eigenvalue weighted by Gasteiger charge is 2.44. The van der Waals surface area contributed by atoms with Gasteiger partial charge in [0.15, 0.2) is 16.7 Å². The first-order chi connectivity index (χ1) is 22.4. The molecule has 0 bridgehead atoms. The van der Waals surface area contributed by atoms with E-state index in [2.05, 4.69) is 24.5 Å². The minimum Gasteiger partial charge on any atom is -0.494 e. The monoisotopic (exact) mass is 656 g/mol. The van der Waals surface area contributed by atoms with E-state index in [1.54, 1.807) is 19.1 Å². The van der Waals surface area contributed by atoms with Gasteiger partial charge >= 0.3 is 6.16 Å². The standard InChI is InChI=1S/C34H33N5O7S/c1-5-36-30(42)24(31(43)37(6-2)32(36)47)9-7-8-23(20-35)22-14-16-38-26-11-10-21(18-25(26)34(3,4)27(38)19-22)15-17-45-33(44)46-39-28(40)12-13-29(39)41/h7-11,14,16,18-19H,5-6,12-13,15,17H2,1-4H3/p+1. The lowest BCUT2D eigenvalue weighted by atomic mass is 9.82. The maximum Gasteiger partial charge on any atom is 0.533 e. The number of imide groups is 1. The molecule has 1 N–H and O–H groups in total. The number of hydrogen-bond acceptors (Lipinski definition) is 9. The Balaban J connectivity index is 1.34. The summed E-state index contributed by atoms with van der Waals surface area (Å²) in [6.45, 7) is 8.54.